The molecule has 0 aliphatic carbocycles. The number of rotatable bonds is 5. The van der Waals surface area contributed by atoms with Crippen LogP contribution in [0.3, 0.4) is 0 Å². The number of aromatic nitrogens is 1. The quantitative estimate of drug-likeness (QED) is 0.425. The zero-order valence-corrected chi connectivity index (χ0v) is 18.2. The monoisotopic (exact) mass is 538 g/mol. The zero-order chi connectivity index (χ0) is 21.3. The summed E-state index contributed by atoms with van der Waals surface area (Å²) in [5, 5.41) is 15.2. The van der Waals surface area contributed by atoms with E-state index in [1.54, 1.807) is 30.3 Å². The fraction of sp³-hybridized carbons (Fsp3) is 0.105. The molecule has 2 aromatic carbocycles. The second-order valence-electron chi connectivity index (χ2n) is 6.41. The number of benzene rings is 2. The third-order valence-electron chi connectivity index (χ3n) is 4.39. The van der Waals surface area contributed by atoms with Crippen molar-refractivity contribution in [1.29, 1.82) is 0 Å². The molecule has 1 amide bonds. The summed E-state index contributed by atoms with van der Waals surface area (Å²) in [7, 11) is -4.00. The summed E-state index contributed by atoms with van der Waals surface area (Å²) >= 11 is 2.00. The van der Waals surface area contributed by atoms with Gasteiger partial charge in [0.05, 0.1) is 17.8 Å². The lowest BCUT2D eigenvalue weighted by atomic mass is 9.98. The molecule has 1 aliphatic heterocycles. The van der Waals surface area contributed by atoms with E-state index in [-0.39, 0.29) is 28.7 Å². The maximum Gasteiger partial charge on any atom is 0.287 e. The van der Waals surface area contributed by atoms with Gasteiger partial charge in [0.15, 0.2) is 0 Å². The van der Waals surface area contributed by atoms with Crippen molar-refractivity contribution in [2.75, 3.05) is 11.9 Å². The van der Waals surface area contributed by atoms with Gasteiger partial charge in [-0.25, -0.2) is 4.98 Å². The lowest BCUT2D eigenvalue weighted by molar-refractivity contribution is -0.114. The SMILES string of the molecule is O=C(NCC(c1cccc(O)c1)c1ncco1)C1=NS(=O)(=O)c2cc(I)ccc2N1. The molecule has 4 rings (SSSR count). The van der Waals surface area contributed by atoms with Gasteiger partial charge in [0.25, 0.3) is 15.9 Å². The molecule has 0 radical (unpaired) electrons. The van der Waals surface area contributed by atoms with Crippen molar-refractivity contribution in [2.24, 2.45) is 4.40 Å². The Morgan fingerprint density at radius 2 is 2.10 bits per heavy atom. The highest BCUT2D eigenvalue weighted by Crippen LogP contribution is 2.29. The largest absolute Gasteiger partial charge is 0.508 e. The highest BCUT2D eigenvalue weighted by molar-refractivity contribution is 14.1. The van der Waals surface area contributed by atoms with Gasteiger partial charge in [0.2, 0.25) is 11.7 Å². The first-order valence-corrected chi connectivity index (χ1v) is 11.2. The number of hydrogen-bond donors (Lipinski definition) is 3. The average Bonchev–Trinajstić information content (AvgIpc) is 3.22. The number of oxazole rings is 1. The number of nitrogens with one attached hydrogen (secondary N) is 2. The average molecular weight is 538 g/mol. The van der Waals surface area contributed by atoms with Crippen LogP contribution in [-0.2, 0) is 14.8 Å². The van der Waals surface area contributed by atoms with Crippen LogP contribution in [0.5, 0.6) is 5.75 Å². The number of halogens is 1. The van der Waals surface area contributed by atoms with Crippen LogP contribution in [0.2, 0.25) is 0 Å². The minimum absolute atomic E-state index is 0.0170. The first kappa shape index (κ1) is 20.3. The number of nitrogens with zero attached hydrogens (tertiary/aromatic N) is 2. The minimum atomic E-state index is -4.00. The second kappa shape index (κ2) is 8.07. The summed E-state index contributed by atoms with van der Waals surface area (Å²) in [6, 6.07) is 11.3. The molecule has 1 unspecified atom stereocenters. The van der Waals surface area contributed by atoms with Crippen molar-refractivity contribution in [3.63, 3.8) is 0 Å². The molecule has 1 aromatic heterocycles. The van der Waals surface area contributed by atoms with E-state index < -0.39 is 21.8 Å². The Hall–Kier alpha value is -2.93. The first-order valence-electron chi connectivity index (χ1n) is 8.71. The van der Waals surface area contributed by atoms with Gasteiger partial charge >= 0.3 is 0 Å². The van der Waals surface area contributed by atoms with Crippen LogP contribution in [0.4, 0.5) is 5.69 Å². The van der Waals surface area contributed by atoms with Crippen molar-refractivity contribution < 1.29 is 22.7 Å². The molecule has 30 heavy (non-hydrogen) atoms. The van der Waals surface area contributed by atoms with E-state index in [1.165, 1.54) is 24.6 Å². The summed E-state index contributed by atoms with van der Waals surface area (Å²) in [4.78, 5) is 16.8. The van der Waals surface area contributed by atoms with Gasteiger partial charge in [0.1, 0.15) is 16.9 Å². The third kappa shape index (κ3) is 4.16. The molecule has 0 bridgehead atoms. The molecule has 0 fully saturated rings. The van der Waals surface area contributed by atoms with Crippen molar-refractivity contribution in [3.8, 4) is 5.75 Å². The number of hydrogen-bond acceptors (Lipinski definition) is 7. The summed E-state index contributed by atoms with van der Waals surface area (Å²) in [5.74, 6) is -1.12. The Balaban J connectivity index is 1.56. The van der Waals surface area contributed by atoms with Gasteiger partial charge in [-0.05, 0) is 58.5 Å². The van der Waals surface area contributed by atoms with Gasteiger partial charge in [-0.2, -0.15) is 8.42 Å². The highest BCUT2D eigenvalue weighted by Gasteiger charge is 2.29. The minimum Gasteiger partial charge on any atom is -0.508 e. The van der Waals surface area contributed by atoms with Crippen LogP contribution in [0, 0.1) is 3.57 Å². The number of fused-ring (bicyclic) bond motifs is 1. The van der Waals surface area contributed by atoms with Gasteiger partial charge in [-0.3, -0.25) is 4.79 Å². The summed E-state index contributed by atoms with van der Waals surface area (Å²) < 4.78 is 34.6. The lowest BCUT2D eigenvalue weighted by Gasteiger charge is -2.19. The second-order valence-corrected chi connectivity index (χ2v) is 9.23. The Labute approximate surface area is 185 Å². The molecule has 0 spiro atoms. The molecular formula is C19H15IN4O5S. The molecule has 3 N–H and O–H groups in total. The van der Waals surface area contributed by atoms with Crippen LogP contribution >= 0.6 is 22.6 Å². The van der Waals surface area contributed by atoms with Crippen LogP contribution in [0.25, 0.3) is 0 Å². The predicted molar refractivity (Wildman–Crippen MR) is 117 cm³/mol. The van der Waals surface area contributed by atoms with Crippen molar-refractivity contribution >= 4 is 50.0 Å². The molecule has 154 valence electrons. The Morgan fingerprint density at radius 3 is 2.83 bits per heavy atom. The van der Waals surface area contributed by atoms with Crippen LogP contribution < -0.4 is 10.6 Å². The fourth-order valence-corrected chi connectivity index (χ4v) is 4.85. The smallest absolute Gasteiger partial charge is 0.287 e. The maximum absolute atomic E-state index is 12.7. The topological polar surface area (TPSA) is 134 Å². The van der Waals surface area contributed by atoms with E-state index in [2.05, 4.69) is 20.0 Å². The number of amides is 1. The van der Waals surface area contributed by atoms with Crippen molar-refractivity contribution in [3.05, 3.63) is 69.9 Å². The number of sulfonamides is 1. The Kier molecular flexibility index (Phi) is 5.47. The number of carbonyl (C=O) groups excluding carboxylic acids is 1. The Bertz CT molecular complexity index is 1240. The number of aromatic hydroxyl groups is 1. The molecule has 1 aliphatic rings. The number of phenols is 1. The molecule has 1 atom stereocenters. The molecule has 2 heterocycles. The van der Waals surface area contributed by atoms with Crippen molar-refractivity contribution in [1.82, 2.24) is 10.3 Å². The van der Waals surface area contributed by atoms with Crippen LogP contribution in [0.15, 0.2) is 68.6 Å². The van der Waals surface area contributed by atoms with Crippen molar-refractivity contribution in [2.45, 2.75) is 10.8 Å². The molecule has 0 saturated heterocycles. The number of phenolic OH excluding ortho intramolecular Hbond substituents is 1. The molecule has 3 aromatic rings. The van der Waals surface area contributed by atoms with E-state index >= 15 is 0 Å². The van der Waals surface area contributed by atoms with Gasteiger partial charge < -0.3 is 20.2 Å². The first-order chi connectivity index (χ1) is 14.3. The highest BCUT2D eigenvalue weighted by atomic mass is 127. The van der Waals surface area contributed by atoms with Crippen LogP contribution in [0.1, 0.15) is 17.4 Å². The van der Waals surface area contributed by atoms with E-state index in [1.807, 2.05) is 22.6 Å². The molecule has 9 nitrogen and oxygen atoms in total. The molecular weight excluding hydrogens is 523 g/mol. The van der Waals surface area contributed by atoms with E-state index in [0.29, 0.717) is 11.5 Å². The van der Waals surface area contributed by atoms with Gasteiger partial charge in [-0.1, -0.05) is 12.1 Å². The number of amidine groups is 1. The molecule has 0 saturated carbocycles. The van der Waals surface area contributed by atoms with Crippen LogP contribution in [-0.4, -0.2) is 36.8 Å². The van der Waals surface area contributed by atoms with E-state index in [9.17, 15) is 18.3 Å². The fourth-order valence-electron chi connectivity index (χ4n) is 3.01. The normalized spacial score (nSPS) is 15.4. The number of carbonyl (C=O) groups is 1. The number of anilines is 1. The lowest BCUT2D eigenvalue weighted by Crippen LogP contribution is -2.40. The molecule has 11 heteroatoms. The standard InChI is InChI=1S/C19H15IN4O5S/c20-12-4-5-15-16(9-12)30(27,28)24-17(23-15)18(26)22-10-14(19-21-6-7-29-19)11-2-1-3-13(25)8-11/h1-9,14,25H,10H2,(H,22,26)(H,23,24). The predicted octanol–water partition coefficient (Wildman–Crippen LogP) is 2.45. The van der Waals surface area contributed by atoms with E-state index in [0.717, 1.165) is 3.57 Å². The summed E-state index contributed by atoms with van der Waals surface area (Å²) in [6.07, 6.45) is 2.88. The summed E-state index contributed by atoms with van der Waals surface area (Å²) in [6.45, 7) is 0.0447. The Morgan fingerprint density at radius 1 is 1.27 bits per heavy atom. The zero-order valence-electron chi connectivity index (χ0n) is 15.2. The van der Waals surface area contributed by atoms with Gasteiger partial charge in [0, 0.05) is 10.1 Å². The van der Waals surface area contributed by atoms with Gasteiger partial charge in [-0.15, -0.1) is 4.40 Å². The summed E-state index contributed by atoms with van der Waals surface area (Å²) in [5.41, 5.74) is 0.955. The third-order valence-corrected chi connectivity index (χ3v) is 6.38. The maximum atomic E-state index is 12.7. The van der Waals surface area contributed by atoms with E-state index in [4.69, 9.17) is 4.42 Å².